The lowest BCUT2D eigenvalue weighted by atomic mass is 9.93. The summed E-state index contributed by atoms with van der Waals surface area (Å²) in [5.74, 6) is -0.0842. The maximum Gasteiger partial charge on any atom is 0.295 e. The van der Waals surface area contributed by atoms with Gasteiger partial charge >= 0.3 is 0 Å². The molecule has 0 aromatic heterocycles. The van der Waals surface area contributed by atoms with Crippen LogP contribution in [0.25, 0.3) is 32.3 Å². The van der Waals surface area contributed by atoms with Crippen LogP contribution in [0.2, 0.25) is 0 Å². The van der Waals surface area contributed by atoms with Gasteiger partial charge in [0, 0.05) is 38.4 Å². The first-order valence-corrected chi connectivity index (χ1v) is 16.0. The Bertz CT molecular complexity index is 2260. The van der Waals surface area contributed by atoms with Crippen LogP contribution in [0.5, 0.6) is 17.2 Å². The summed E-state index contributed by atoms with van der Waals surface area (Å²) in [5.41, 5.74) is -0.454. The van der Waals surface area contributed by atoms with Crippen LogP contribution in [0.15, 0.2) is 63.2 Å². The van der Waals surface area contributed by atoms with Crippen molar-refractivity contribution in [3.05, 3.63) is 64.2 Å². The van der Waals surface area contributed by atoms with E-state index in [-0.39, 0.29) is 55.1 Å². The lowest BCUT2D eigenvalue weighted by Gasteiger charge is -2.19. The minimum absolute atomic E-state index is 0.0240. The van der Waals surface area contributed by atoms with Gasteiger partial charge in [-0.15, -0.1) is 0 Å². The molecule has 0 spiro atoms. The van der Waals surface area contributed by atoms with Gasteiger partial charge in [-0.1, -0.05) is 18.2 Å². The van der Waals surface area contributed by atoms with Gasteiger partial charge in [-0.2, -0.15) is 25.3 Å². The van der Waals surface area contributed by atoms with Gasteiger partial charge in [0.05, 0.1) is 30.8 Å². The molecule has 3 N–H and O–H groups in total. The zero-order valence-electron chi connectivity index (χ0n) is 21.8. The van der Waals surface area contributed by atoms with Crippen molar-refractivity contribution in [2.24, 2.45) is 0 Å². The molecule has 0 saturated heterocycles. The number of rotatable bonds is 9. The summed E-state index contributed by atoms with van der Waals surface area (Å²) in [7, 11) is -12.6. The standard InChI is InChI=1S/C25H19NO14S3/c1-38-19-7-12(17(26(27)28)8-20(19)39-2)11-40-18-9-21(41(29,30)31)14-5-6-16-23(43(35,36)37)10-22(42(32,33)34)15-4-3-13(18)24(14)25(15)16/h3-10H,11H2,1-2H3,(H,29,30,31)(H,32,33,34)(H,35,36,37). The fourth-order valence-corrected chi connectivity index (χ4v) is 7.19. The minimum Gasteiger partial charge on any atom is -0.493 e. The third kappa shape index (κ3) is 5.13. The minimum atomic E-state index is -5.09. The van der Waals surface area contributed by atoms with Crippen LogP contribution < -0.4 is 14.2 Å². The maximum atomic E-state index is 12.5. The quantitative estimate of drug-likeness (QED) is 0.0888. The van der Waals surface area contributed by atoms with Crippen molar-refractivity contribution in [1.82, 2.24) is 0 Å². The van der Waals surface area contributed by atoms with Crippen molar-refractivity contribution in [2.45, 2.75) is 21.3 Å². The van der Waals surface area contributed by atoms with Crippen LogP contribution in [-0.4, -0.2) is 58.1 Å². The molecule has 226 valence electrons. The molecular weight excluding hydrogens is 634 g/mol. The van der Waals surface area contributed by atoms with Crippen LogP contribution in [0.1, 0.15) is 5.56 Å². The summed E-state index contributed by atoms with van der Waals surface area (Å²) in [4.78, 5) is 8.52. The highest BCUT2D eigenvalue weighted by atomic mass is 32.2. The normalized spacial score (nSPS) is 12.7. The van der Waals surface area contributed by atoms with Crippen LogP contribution in [0.4, 0.5) is 5.69 Å². The summed E-state index contributed by atoms with van der Waals surface area (Å²) in [6.45, 7) is -0.544. The summed E-state index contributed by atoms with van der Waals surface area (Å²) in [6, 6.07) is 8.59. The van der Waals surface area contributed by atoms with Gasteiger partial charge in [0.2, 0.25) is 0 Å². The molecule has 0 aliphatic carbocycles. The second-order valence-corrected chi connectivity index (χ2v) is 13.3. The van der Waals surface area contributed by atoms with Crippen LogP contribution in [-0.2, 0) is 37.0 Å². The van der Waals surface area contributed by atoms with Gasteiger partial charge in [0.1, 0.15) is 27.0 Å². The molecule has 0 saturated carbocycles. The molecule has 0 atom stereocenters. The largest absolute Gasteiger partial charge is 0.493 e. The fraction of sp³-hybridized carbons (Fsp3) is 0.120. The number of nitrogens with zero attached hydrogens (tertiary/aromatic N) is 1. The van der Waals surface area contributed by atoms with E-state index in [0.717, 1.165) is 24.3 Å². The monoisotopic (exact) mass is 653 g/mol. The molecule has 0 aliphatic rings. The number of ether oxygens (including phenoxy) is 3. The van der Waals surface area contributed by atoms with E-state index >= 15 is 0 Å². The predicted octanol–water partition coefficient (Wildman–Crippen LogP) is 3.83. The Labute approximate surface area is 242 Å². The van der Waals surface area contributed by atoms with Crippen LogP contribution in [0, 0.1) is 10.1 Å². The number of benzene rings is 5. The Morgan fingerprint density at radius 2 is 1.07 bits per heavy atom. The molecule has 0 bridgehead atoms. The summed E-state index contributed by atoms with van der Waals surface area (Å²) >= 11 is 0. The van der Waals surface area contributed by atoms with E-state index in [1.54, 1.807) is 0 Å². The number of hydrogen-bond acceptors (Lipinski definition) is 11. The highest BCUT2D eigenvalue weighted by molar-refractivity contribution is 7.87. The van der Waals surface area contributed by atoms with Crippen molar-refractivity contribution >= 4 is 68.4 Å². The number of hydrogen-bond donors (Lipinski definition) is 3. The Balaban J connectivity index is 1.87. The van der Waals surface area contributed by atoms with E-state index in [0.29, 0.717) is 6.07 Å². The Kier molecular flexibility index (Phi) is 7.11. The molecule has 43 heavy (non-hydrogen) atoms. The molecule has 0 aliphatic heterocycles. The van der Waals surface area contributed by atoms with E-state index < -0.39 is 62.3 Å². The lowest BCUT2D eigenvalue weighted by molar-refractivity contribution is -0.385. The average Bonchev–Trinajstić information content (AvgIpc) is 2.92. The first-order valence-electron chi connectivity index (χ1n) is 11.7. The van der Waals surface area contributed by atoms with Gasteiger partial charge in [0.25, 0.3) is 36.0 Å². The maximum absolute atomic E-state index is 12.5. The lowest BCUT2D eigenvalue weighted by Crippen LogP contribution is -2.07. The molecule has 0 unspecified atom stereocenters. The second-order valence-electron chi connectivity index (χ2n) is 9.12. The zero-order chi connectivity index (χ0) is 31.6. The topological polar surface area (TPSA) is 234 Å². The molecule has 0 radical (unpaired) electrons. The number of nitro benzene ring substituents is 1. The molecule has 5 aromatic carbocycles. The third-order valence-electron chi connectivity index (χ3n) is 6.75. The molecule has 5 aromatic rings. The van der Waals surface area contributed by atoms with Crippen LogP contribution >= 0.6 is 0 Å². The molecule has 0 heterocycles. The SMILES string of the molecule is COc1cc(COc2cc(S(=O)(=O)O)c3ccc4c(S(=O)(=O)O)cc(S(=O)(=O)O)c5ccc2c3c54)c([N+](=O)[O-])cc1OC. The summed E-state index contributed by atoms with van der Waals surface area (Å²) in [6.07, 6.45) is 0. The zero-order valence-corrected chi connectivity index (χ0v) is 24.3. The smallest absolute Gasteiger partial charge is 0.295 e. The van der Waals surface area contributed by atoms with Gasteiger partial charge < -0.3 is 14.2 Å². The highest BCUT2D eigenvalue weighted by Gasteiger charge is 2.29. The predicted molar refractivity (Wildman–Crippen MR) is 150 cm³/mol. The molecule has 0 fully saturated rings. The van der Waals surface area contributed by atoms with Crippen molar-refractivity contribution < 1.29 is 58.0 Å². The second kappa shape index (κ2) is 10.1. The molecule has 15 nitrogen and oxygen atoms in total. The van der Waals surface area contributed by atoms with E-state index in [4.69, 9.17) is 14.2 Å². The average molecular weight is 654 g/mol. The van der Waals surface area contributed by atoms with Crippen molar-refractivity contribution in [3.63, 3.8) is 0 Å². The van der Waals surface area contributed by atoms with Crippen molar-refractivity contribution in [2.75, 3.05) is 14.2 Å². The van der Waals surface area contributed by atoms with Gasteiger partial charge in [-0.3, -0.25) is 23.8 Å². The Hall–Kier alpha value is -4.33. The van der Waals surface area contributed by atoms with Crippen molar-refractivity contribution in [3.8, 4) is 17.2 Å². The summed E-state index contributed by atoms with van der Waals surface area (Å²) in [5, 5.41) is 10.8. The molecule has 18 heteroatoms. The summed E-state index contributed by atoms with van der Waals surface area (Å²) < 4.78 is 120. The first kappa shape index (κ1) is 30.1. The van der Waals surface area contributed by atoms with E-state index in [1.165, 1.54) is 32.4 Å². The highest BCUT2D eigenvalue weighted by Crippen LogP contribution is 2.45. The van der Waals surface area contributed by atoms with Gasteiger partial charge in [-0.25, -0.2) is 0 Å². The third-order valence-corrected chi connectivity index (χ3v) is 9.43. The first-order chi connectivity index (χ1) is 20.0. The molecule has 5 rings (SSSR count). The van der Waals surface area contributed by atoms with Gasteiger partial charge in [-0.05, 0) is 18.2 Å². The molecule has 0 amide bonds. The van der Waals surface area contributed by atoms with E-state index in [9.17, 15) is 49.0 Å². The van der Waals surface area contributed by atoms with E-state index in [2.05, 4.69) is 0 Å². The van der Waals surface area contributed by atoms with Gasteiger partial charge in [0.15, 0.2) is 11.5 Å². The Morgan fingerprint density at radius 1 is 0.651 bits per heavy atom. The fourth-order valence-electron chi connectivity index (χ4n) is 4.98. The van der Waals surface area contributed by atoms with E-state index in [1.807, 2.05) is 0 Å². The van der Waals surface area contributed by atoms with Crippen LogP contribution in [0.3, 0.4) is 0 Å². The number of methoxy groups -OCH3 is 2. The Morgan fingerprint density at radius 3 is 1.51 bits per heavy atom. The van der Waals surface area contributed by atoms with Crippen molar-refractivity contribution in [1.29, 1.82) is 0 Å². The number of nitro groups is 1. The molecular formula is C25H19NO14S3.